The molecule has 2 fully saturated rings. The smallest absolute Gasteiger partial charge is 0.252 e. The van der Waals surface area contributed by atoms with Gasteiger partial charge in [0.25, 0.3) is 5.91 Å². The van der Waals surface area contributed by atoms with Crippen LogP contribution in [0.5, 0.6) is 5.75 Å². The summed E-state index contributed by atoms with van der Waals surface area (Å²) < 4.78 is 7.31. The minimum atomic E-state index is -0.183. The third-order valence-electron chi connectivity index (χ3n) is 6.81. The SMILES string of the molecule is COc1cc(-c2cnn(C)c2)cc([C@@H](C)NC(=O)c2cc(N3CC(NC4CC4)C3)ccc2C)c1. The largest absolute Gasteiger partial charge is 0.497 e. The Labute approximate surface area is 201 Å². The minimum Gasteiger partial charge on any atom is -0.497 e. The normalized spacial score (nSPS) is 16.8. The maximum atomic E-state index is 13.3. The molecule has 7 heteroatoms. The van der Waals surface area contributed by atoms with Crippen molar-refractivity contribution in [3.63, 3.8) is 0 Å². The zero-order valence-corrected chi connectivity index (χ0v) is 20.3. The first-order valence-corrected chi connectivity index (χ1v) is 12.0. The molecule has 1 saturated heterocycles. The van der Waals surface area contributed by atoms with E-state index >= 15 is 0 Å². The summed E-state index contributed by atoms with van der Waals surface area (Å²) in [4.78, 5) is 15.6. The number of aromatic nitrogens is 2. The lowest BCUT2D eigenvalue weighted by atomic mass is 10.00. The Morgan fingerprint density at radius 2 is 1.91 bits per heavy atom. The molecule has 0 bridgehead atoms. The maximum absolute atomic E-state index is 13.3. The summed E-state index contributed by atoms with van der Waals surface area (Å²) in [6.45, 7) is 5.99. The fraction of sp³-hybridized carbons (Fsp3) is 0.407. The number of ether oxygens (including phenoxy) is 1. The van der Waals surface area contributed by atoms with Crippen LogP contribution in [0.2, 0.25) is 0 Å². The molecule has 5 rings (SSSR count). The Balaban J connectivity index is 1.30. The topological polar surface area (TPSA) is 71.4 Å². The van der Waals surface area contributed by atoms with Crippen LogP contribution in [0.25, 0.3) is 11.1 Å². The summed E-state index contributed by atoms with van der Waals surface area (Å²) in [6.07, 6.45) is 6.41. The summed E-state index contributed by atoms with van der Waals surface area (Å²) in [6, 6.07) is 13.3. The number of aryl methyl sites for hydroxylation is 2. The predicted molar refractivity (Wildman–Crippen MR) is 134 cm³/mol. The predicted octanol–water partition coefficient (Wildman–Crippen LogP) is 3.84. The van der Waals surface area contributed by atoms with Crippen molar-refractivity contribution in [1.82, 2.24) is 20.4 Å². The average molecular weight is 460 g/mol. The van der Waals surface area contributed by atoms with E-state index in [1.807, 2.05) is 57.6 Å². The number of benzene rings is 2. The van der Waals surface area contributed by atoms with Gasteiger partial charge in [-0.25, -0.2) is 0 Å². The first-order chi connectivity index (χ1) is 16.4. The number of anilines is 1. The number of amides is 1. The lowest BCUT2D eigenvalue weighted by molar-refractivity contribution is 0.0939. The molecule has 1 amide bonds. The third kappa shape index (κ3) is 4.80. The fourth-order valence-corrected chi connectivity index (χ4v) is 4.51. The van der Waals surface area contributed by atoms with Gasteiger partial charge in [-0.1, -0.05) is 6.07 Å². The lowest BCUT2D eigenvalue weighted by Gasteiger charge is -2.42. The second-order valence-electron chi connectivity index (χ2n) is 9.63. The lowest BCUT2D eigenvalue weighted by Crippen LogP contribution is -2.58. The number of hydrogen-bond acceptors (Lipinski definition) is 5. The summed E-state index contributed by atoms with van der Waals surface area (Å²) in [5, 5.41) is 11.1. The van der Waals surface area contributed by atoms with Gasteiger partial charge in [0, 0.05) is 55.2 Å². The second-order valence-corrected chi connectivity index (χ2v) is 9.63. The minimum absolute atomic E-state index is 0.0641. The van der Waals surface area contributed by atoms with Gasteiger partial charge in [-0.2, -0.15) is 5.10 Å². The van der Waals surface area contributed by atoms with Gasteiger partial charge < -0.3 is 20.3 Å². The Bertz CT molecular complexity index is 1190. The van der Waals surface area contributed by atoms with Gasteiger partial charge in [0.2, 0.25) is 0 Å². The molecule has 2 aliphatic rings. The maximum Gasteiger partial charge on any atom is 0.252 e. The molecule has 0 radical (unpaired) electrons. The molecule has 7 nitrogen and oxygen atoms in total. The monoisotopic (exact) mass is 459 g/mol. The van der Waals surface area contributed by atoms with E-state index in [4.69, 9.17) is 4.74 Å². The van der Waals surface area contributed by atoms with Crippen LogP contribution < -0.4 is 20.3 Å². The molecular weight excluding hydrogens is 426 g/mol. The van der Waals surface area contributed by atoms with Crippen molar-refractivity contribution >= 4 is 11.6 Å². The van der Waals surface area contributed by atoms with E-state index < -0.39 is 0 Å². The number of rotatable bonds is 8. The molecule has 2 heterocycles. The van der Waals surface area contributed by atoms with Crippen LogP contribution in [0.15, 0.2) is 48.8 Å². The van der Waals surface area contributed by atoms with Crippen LogP contribution in [0.3, 0.4) is 0 Å². The zero-order valence-electron chi connectivity index (χ0n) is 20.3. The van der Waals surface area contributed by atoms with E-state index in [1.54, 1.807) is 11.8 Å². The van der Waals surface area contributed by atoms with Crippen molar-refractivity contribution in [3.8, 4) is 16.9 Å². The zero-order chi connectivity index (χ0) is 23.8. The standard InChI is InChI=1S/C27H33N5O2/c1-17-5-8-24(32-15-23(16-32)30-22-6-7-22)12-26(17)27(33)29-18(2)19-9-20(11-25(10-19)34-4)21-13-28-31(3)14-21/h5,8-14,18,22-23,30H,6-7,15-16H2,1-4H3,(H,29,33)/t18-/m1/s1. The van der Waals surface area contributed by atoms with Crippen LogP contribution in [-0.2, 0) is 7.05 Å². The van der Waals surface area contributed by atoms with Gasteiger partial charge in [0.1, 0.15) is 5.75 Å². The van der Waals surface area contributed by atoms with Gasteiger partial charge >= 0.3 is 0 Å². The van der Waals surface area contributed by atoms with Gasteiger partial charge in [-0.15, -0.1) is 0 Å². The number of methoxy groups -OCH3 is 1. The van der Waals surface area contributed by atoms with Crippen molar-refractivity contribution in [2.24, 2.45) is 7.05 Å². The number of carbonyl (C=O) groups excluding carboxylic acids is 1. The van der Waals surface area contributed by atoms with Crippen LogP contribution in [0.4, 0.5) is 5.69 Å². The van der Waals surface area contributed by atoms with E-state index in [0.29, 0.717) is 6.04 Å². The van der Waals surface area contributed by atoms with Gasteiger partial charge in [-0.3, -0.25) is 9.48 Å². The fourth-order valence-electron chi connectivity index (χ4n) is 4.51. The number of hydrogen-bond donors (Lipinski definition) is 2. The van der Waals surface area contributed by atoms with Crippen molar-refractivity contribution in [2.45, 2.75) is 44.8 Å². The van der Waals surface area contributed by atoms with Crippen LogP contribution in [0, 0.1) is 6.92 Å². The quantitative estimate of drug-likeness (QED) is 0.536. The summed E-state index contributed by atoms with van der Waals surface area (Å²) in [5.74, 6) is 0.688. The van der Waals surface area contributed by atoms with E-state index in [2.05, 4.69) is 32.8 Å². The molecule has 2 N–H and O–H groups in total. The van der Waals surface area contributed by atoms with E-state index in [1.165, 1.54) is 12.8 Å². The van der Waals surface area contributed by atoms with Gasteiger partial charge in [0.05, 0.1) is 19.3 Å². The average Bonchev–Trinajstić information content (AvgIpc) is 3.53. The number of nitrogens with zero attached hydrogens (tertiary/aromatic N) is 3. The second kappa shape index (κ2) is 9.14. The molecule has 3 aromatic rings. The van der Waals surface area contributed by atoms with Crippen molar-refractivity contribution in [1.29, 1.82) is 0 Å². The third-order valence-corrected chi connectivity index (χ3v) is 6.81. The molecule has 34 heavy (non-hydrogen) atoms. The molecule has 0 unspecified atom stereocenters. The Kier molecular flexibility index (Phi) is 6.04. The highest BCUT2D eigenvalue weighted by Crippen LogP contribution is 2.30. The molecule has 1 aliphatic heterocycles. The molecule has 1 aromatic heterocycles. The molecule has 1 atom stereocenters. The molecule has 2 aromatic carbocycles. The number of carbonyl (C=O) groups is 1. The molecule has 1 saturated carbocycles. The highest BCUT2D eigenvalue weighted by Gasteiger charge is 2.32. The van der Waals surface area contributed by atoms with Crippen molar-refractivity contribution in [3.05, 3.63) is 65.5 Å². The summed E-state index contributed by atoms with van der Waals surface area (Å²) in [5.41, 5.74) is 5.80. The van der Waals surface area contributed by atoms with E-state index in [-0.39, 0.29) is 11.9 Å². The van der Waals surface area contributed by atoms with Crippen molar-refractivity contribution < 1.29 is 9.53 Å². The molecule has 178 valence electrons. The summed E-state index contributed by atoms with van der Waals surface area (Å²) in [7, 11) is 3.55. The Morgan fingerprint density at radius 1 is 1.12 bits per heavy atom. The molecule has 0 spiro atoms. The van der Waals surface area contributed by atoms with Crippen LogP contribution in [0.1, 0.15) is 47.3 Å². The highest BCUT2D eigenvalue weighted by atomic mass is 16.5. The highest BCUT2D eigenvalue weighted by molar-refractivity contribution is 5.97. The van der Waals surface area contributed by atoms with Gasteiger partial charge in [0.15, 0.2) is 0 Å². The Morgan fingerprint density at radius 3 is 2.59 bits per heavy atom. The first-order valence-electron chi connectivity index (χ1n) is 12.0. The van der Waals surface area contributed by atoms with Crippen LogP contribution in [-0.4, -0.2) is 48.0 Å². The molecular formula is C27H33N5O2. The van der Waals surface area contributed by atoms with E-state index in [9.17, 15) is 4.79 Å². The summed E-state index contributed by atoms with van der Waals surface area (Å²) >= 11 is 0. The molecule has 1 aliphatic carbocycles. The van der Waals surface area contributed by atoms with Crippen LogP contribution >= 0.6 is 0 Å². The first kappa shape index (κ1) is 22.5. The van der Waals surface area contributed by atoms with E-state index in [0.717, 1.165) is 58.4 Å². The van der Waals surface area contributed by atoms with Gasteiger partial charge in [-0.05, 0) is 73.7 Å². The van der Waals surface area contributed by atoms with Crippen molar-refractivity contribution in [2.75, 3.05) is 25.1 Å². The Hall–Kier alpha value is -3.32. The number of nitrogens with one attached hydrogen (secondary N) is 2.